The van der Waals surface area contributed by atoms with Gasteiger partial charge in [0, 0.05) is 25.1 Å². The van der Waals surface area contributed by atoms with Crippen LogP contribution in [0.15, 0.2) is 30.3 Å². The van der Waals surface area contributed by atoms with E-state index in [9.17, 15) is 4.79 Å². The molecule has 6 heteroatoms. The van der Waals surface area contributed by atoms with E-state index in [0.717, 1.165) is 23.4 Å². The number of carbonyl (C=O) groups excluding carboxylic acids is 1. The van der Waals surface area contributed by atoms with Gasteiger partial charge in [-0.3, -0.25) is 4.79 Å². The summed E-state index contributed by atoms with van der Waals surface area (Å²) >= 11 is 0. The Hall–Kier alpha value is -2.21. The number of benzene rings is 1. The highest BCUT2D eigenvalue weighted by Crippen LogP contribution is 2.34. The van der Waals surface area contributed by atoms with Gasteiger partial charge in [-0.1, -0.05) is 42.5 Å². The first-order valence-electron chi connectivity index (χ1n) is 8.16. The fourth-order valence-electron chi connectivity index (χ4n) is 3.45. The van der Waals surface area contributed by atoms with Crippen LogP contribution >= 0.6 is 0 Å². The fraction of sp³-hybridized carbons (Fsp3) is 0.471. The molecule has 120 valence electrons. The van der Waals surface area contributed by atoms with Crippen LogP contribution in [0.4, 0.5) is 0 Å². The fourth-order valence-corrected chi connectivity index (χ4v) is 3.45. The van der Waals surface area contributed by atoms with Crippen LogP contribution in [0, 0.1) is 0 Å². The van der Waals surface area contributed by atoms with Crippen molar-refractivity contribution in [1.82, 2.24) is 19.9 Å². The number of amides is 1. The van der Waals surface area contributed by atoms with Crippen LogP contribution in [-0.2, 0) is 16.1 Å². The van der Waals surface area contributed by atoms with Gasteiger partial charge in [-0.2, -0.15) is 0 Å². The molecule has 1 saturated heterocycles. The Morgan fingerprint density at radius 3 is 2.91 bits per heavy atom. The monoisotopic (exact) mass is 312 g/mol. The number of hydrogen-bond acceptors (Lipinski definition) is 4. The van der Waals surface area contributed by atoms with Crippen LogP contribution in [0.3, 0.4) is 0 Å². The SMILES string of the molecule is CCCC(=O)N1C[C@@H]2[C@@H](C1)OCc1c(-c3ccccc3)nnn12. The molecular formula is C17H20N4O2. The third-order valence-electron chi connectivity index (χ3n) is 4.64. The largest absolute Gasteiger partial charge is 0.368 e. The second kappa shape index (κ2) is 5.77. The summed E-state index contributed by atoms with van der Waals surface area (Å²) in [5, 5.41) is 8.73. The van der Waals surface area contributed by atoms with Crippen LogP contribution in [-0.4, -0.2) is 45.0 Å². The Morgan fingerprint density at radius 2 is 2.13 bits per heavy atom. The van der Waals surface area contributed by atoms with E-state index in [1.807, 2.05) is 46.8 Å². The molecule has 3 heterocycles. The molecule has 23 heavy (non-hydrogen) atoms. The van der Waals surface area contributed by atoms with E-state index < -0.39 is 0 Å². The number of nitrogens with zero attached hydrogens (tertiary/aromatic N) is 4. The summed E-state index contributed by atoms with van der Waals surface area (Å²) in [6, 6.07) is 10.1. The van der Waals surface area contributed by atoms with E-state index in [1.54, 1.807) is 0 Å². The van der Waals surface area contributed by atoms with Crippen LogP contribution < -0.4 is 0 Å². The second-order valence-corrected chi connectivity index (χ2v) is 6.16. The Balaban J connectivity index is 1.62. The van der Waals surface area contributed by atoms with Crippen LogP contribution in [0.5, 0.6) is 0 Å². The molecule has 2 aromatic rings. The van der Waals surface area contributed by atoms with Crippen LogP contribution in [0.2, 0.25) is 0 Å². The lowest BCUT2D eigenvalue weighted by molar-refractivity contribution is -0.130. The van der Waals surface area contributed by atoms with Gasteiger partial charge in [-0.05, 0) is 6.42 Å². The third-order valence-corrected chi connectivity index (χ3v) is 4.64. The van der Waals surface area contributed by atoms with Crippen molar-refractivity contribution in [2.45, 2.75) is 38.5 Å². The zero-order chi connectivity index (χ0) is 15.8. The molecule has 0 aliphatic carbocycles. The van der Waals surface area contributed by atoms with E-state index in [-0.39, 0.29) is 18.1 Å². The van der Waals surface area contributed by atoms with Crippen molar-refractivity contribution in [3.8, 4) is 11.3 Å². The lowest BCUT2D eigenvalue weighted by Gasteiger charge is -2.26. The van der Waals surface area contributed by atoms with Crippen molar-refractivity contribution in [1.29, 1.82) is 0 Å². The van der Waals surface area contributed by atoms with E-state index in [2.05, 4.69) is 10.3 Å². The van der Waals surface area contributed by atoms with Gasteiger partial charge in [0.15, 0.2) is 0 Å². The maximum absolute atomic E-state index is 12.2. The standard InChI is InChI=1S/C17H20N4O2/c1-2-6-16(22)20-9-13-15(10-20)23-11-14-17(18-19-21(13)14)12-7-4-3-5-8-12/h3-5,7-8,13,15H,2,6,9-11H2,1H3/t13-,15-/m1/s1. The summed E-state index contributed by atoms with van der Waals surface area (Å²) in [4.78, 5) is 14.1. The molecule has 0 radical (unpaired) electrons. The zero-order valence-corrected chi connectivity index (χ0v) is 13.2. The van der Waals surface area contributed by atoms with Gasteiger partial charge in [0.25, 0.3) is 0 Å². The van der Waals surface area contributed by atoms with Crippen LogP contribution in [0.1, 0.15) is 31.5 Å². The minimum atomic E-state index is 0.0219. The Kier molecular flexibility index (Phi) is 3.61. The molecule has 2 aliphatic heterocycles. The molecule has 0 saturated carbocycles. The van der Waals surface area contributed by atoms with E-state index in [1.165, 1.54) is 0 Å². The molecule has 1 fully saturated rings. The molecule has 6 nitrogen and oxygen atoms in total. The van der Waals surface area contributed by atoms with Gasteiger partial charge >= 0.3 is 0 Å². The molecule has 0 spiro atoms. The lowest BCUT2D eigenvalue weighted by atomic mass is 10.1. The second-order valence-electron chi connectivity index (χ2n) is 6.16. The summed E-state index contributed by atoms with van der Waals surface area (Å²) in [6.45, 7) is 3.84. The molecule has 2 atom stereocenters. The minimum Gasteiger partial charge on any atom is -0.368 e. The average Bonchev–Trinajstić information content (AvgIpc) is 3.19. The number of fused-ring (bicyclic) bond motifs is 3. The van der Waals surface area contributed by atoms with Gasteiger partial charge in [-0.25, -0.2) is 4.68 Å². The van der Waals surface area contributed by atoms with E-state index in [0.29, 0.717) is 26.1 Å². The number of aromatic nitrogens is 3. The van der Waals surface area contributed by atoms with Gasteiger partial charge in [-0.15, -0.1) is 5.10 Å². The Labute approximate surface area is 135 Å². The first-order chi connectivity index (χ1) is 11.3. The predicted octanol–water partition coefficient (Wildman–Crippen LogP) is 2.03. The maximum atomic E-state index is 12.2. The highest BCUT2D eigenvalue weighted by atomic mass is 16.5. The number of likely N-dealkylation sites (tertiary alicyclic amines) is 1. The molecule has 0 bridgehead atoms. The first kappa shape index (κ1) is 14.4. The number of hydrogen-bond donors (Lipinski definition) is 0. The predicted molar refractivity (Wildman–Crippen MR) is 84.6 cm³/mol. The molecule has 0 N–H and O–H groups in total. The molecule has 1 aromatic carbocycles. The minimum absolute atomic E-state index is 0.0219. The summed E-state index contributed by atoms with van der Waals surface area (Å²) in [5.74, 6) is 0.204. The van der Waals surface area contributed by atoms with Crippen molar-refractivity contribution < 1.29 is 9.53 Å². The first-order valence-corrected chi connectivity index (χ1v) is 8.16. The third kappa shape index (κ3) is 2.43. The number of carbonyl (C=O) groups is 1. The summed E-state index contributed by atoms with van der Waals surface area (Å²) in [6.07, 6.45) is 1.49. The summed E-state index contributed by atoms with van der Waals surface area (Å²) < 4.78 is 7.98. The van der Waals surface area contributed by atoms with E-state index in [4.69, 9.17) is 4.74 Å². The highest BCUT2D eigenvalue weighted by molar-refractivity contribution is 5.76. The molecular weight excluding hydrogens is 292 g/mol. The van der Waals surface area contributed by atoms with Crippen molar-refractivity contribution in [3.63, 3.8) is 0 Å². The normalized spacial score (nSPS) is 22.7. The molecule has 0 unspecified atom stereocenters. The van der Waals surface area contributed by atoms with Crippen molar-refractivity contribution in [2.75, 3.05) is 13.1 Å². The van der Waals surface area contributed by atoms with Crippen molar-refractivity contribution in [3.05, 3.63) is 36.0 Å². The zero-order valence-electron chi connectivity index (χ0n) is 13.2. The number of rotatable bonds is 3. The smallest absolute Gasteiger partial charge is 0.222 e. The molecule has 1 amide bonds. The lowest BCUT2D eigenvalue weighted by Crippen LogP contribution is -2.32. The molecule has 4 rings (SSSR count). The van der Waals surface area contributed by atoms with Crippen molar-refractivity contribution in [2.24, 2.45) is 0 Å². The Morgan fingerprint density at radius 1 is 1.30 bits per heavy atom. The van der Waals surface area contributed by atoms with Crippen molar-refractivity contribution >= 4 is 5.91 Å². The van der Waals surface area contributed by atoms with Gasteiger partial charge in [0.1, 0.15) is 5.69 Å². The van der Waals surface area contributed by atoms with Gasteiger partial charge < -0.3 is 9.64 Å². The molecule has 1 aromatic heterocycles. The number of ether oxygens (including phenoxy) is 1. The Bertz CT molecular complexity index is 713. The van der Waals surface area contributed by atoms with Gasteiger partial charge in [0.2, 0.25) is 5.91 Å². The highest BCUT2D eigenvalue weighted by Gasteiger charge is 2.42. The van der Waals surface area contributed by atoms with Crippen LogP contribution in [0.25, 0.3) is 11.3 Å². The molecule has 2 aliphatic rings. The summed E-state index contributed by atoms with van der Waals surface area (Å²) in [5.41, 5.74) is 2.93. The quantitative estimate of drug-likeness (QED) is 0.870. The topological polar surface area (TPSA) is 60.3 Å². The van der Waals surface area contributed by atoms with E-state index >= 15 is 0 Å². The summed E-state index contributed by atoms with van der Waals surface area (Å²) in [7, 11) is 0. The van der Waals surface area contributed by atoms with Gasteiger partial charge in [0.05, 0.1) is 24.4 Å². The average molecular weight is 312 g/mol. The maximum Gasteiger partial charge on any atom is 0.222 e.